The average molecular weight is 331 g/mol. The molecule has 1 aliphatic heterocycles. The van der Waals surface area contributed by atoms with Crippen molar-refractivity contribution < 1.29 is 13.2 Å². The second kappa shape index (κ2) is 6.91. The third-order valence-corrected chi connectivity index (χ3v) is 3.31. The first-order valence-corrected chi connectivity index (χ1v) is 7.18. The van der Waals surface area contributed by atoms with E-state index in [-0.39, 0.29) is 16.9 Å². The minimum atomic E-state index is -4.54. The van der Waals surface area contributed by atoms with Crippen molar-refractivity contribution in [2.75, 3.05) is 29.9 Å². The zero-order valence-corrected chi connectivity index (χ0v) is 12.6. The molecule has 0 aliphatic carbocycles. The second-order valence-electron chi connectivity index (χ2n) is 4.75. The third kappa shape index (κ3) is 4.30. The topological polar surface area (TPSA) is 53.1 Å². The van der Waals surface area contributed by atoms with Crippen LogP contribution in [-0.2, 0) is 6.18 Å². The molecule has 2 N–H and O–H groups in total. The van der Waals surface area contributed by atoms with Crippen LogP contribution in [0.4, 0.5) is 24.9 Å². The number of nitrogens with zero attached hydrogens (tertiary/aromatic N) is 3. The summed E-state index contributed by atoms with van der Waals surface area (Å²) in [5, 5.41) is 5.48. The molecule has 0 unspecified atom stereocenters. The van der Waals surface area contributed by atoms with Crippen molar-refractivity contribution >= 4 is 29.1 Å². The van der Waals surface area contributed by atoms with Gasteiger partial charge in [0.2, 0.25) is 5.95 Å². The molecule has 1 aromatic rings. The van der Waals surface area contributed by atoms with Crippen molar-refractivity contribution in [3.8, 4) is 0 Å². The minimum absolute atomic E-state index is 0.145. The maximum absolute atomic E-state index is 13.0. The molecule has 1 aromatic heterocycles. The van der Waals surface area contributed by atoms with Crippen LogP contribution in [0.2, 0.25) is 0 Å². The SMILES string of the molecule is C=CCNC(=S)Nc1nc(N2CCCC2)cc(C(F)(F)F)n1. The van der Waals surface area contributed by atoms with Crippen LogP contribution >= 0.6 is 12.2 Å². The van der Waals surface area contributed by atoms with Gasteiger partial charge in [-0.15, -0.1) is 6.58 Å². The summed E-state index contributed by atoms with van der Waals surface area (Å²) in [6.45, 7) is 5.28. The lowest BCUT2D eigenvalue weighted by molar-refractivity contribution is -0.141. The molecule has 0 radical (unpaired) electrons. The van der Waals surface area contributed by atoms with Gasteiger partial charge in [-0.3, -0.25) is 0 Å². The number of hydrogen-bond acceptors (Lipinski definition) is 4. The van der Waals surface area contributed by atoms with Crippen LogP contribution in [0, 0.1) is 0 Å². The monoisotopic (exact) mass is 331 g/mol. The summed E-state index contributed by atoms with van der Waals surface area (Å²) in [6.07, 6.45) is -1.08. The molecule has 0 aromatic carbocycles. The smallest absolute Gasteiger partial charge is 0.359 e. The largest absolute Gasteiger partial charge is 0.433 e. The fourth-order valence-electron chi connectivity index (χ4n) is 2.05. The molecule has 0 amide bonds. The van der Waals surface area contributed by atoms with Gasteiger partial charge in [-0.05, 0) is 25.1 Å². The van der Waals surface area contributed by atoms with E-state index in [2.05, 4.69) is 27.2 Å². The summed E-state index contributed by atoms with van der Waals surface area (Å²) < 4.78 is 38.9. The molecule has 22 heavy (non-hydrogen) atoms. The Kier molecular flexibility index (Phi) is 5.17. The number of halogens is 3. The zero-order chi connectivity index (χ0) is 16.2. The van der Waals surface area contributed by atoms with Crippen molar-refractivity contribution in [2.45, 2.75) is 19.0 Å². The Morgan fingerprint density at radius 2 is 2.05 bits per heavy atom. The van der Waals surface area contributed by atoms with Crippen LogP contribution in [0.1, 0.15) is 18.5 Å². The molecule has 2 rings (SSSR count). The summed E-state index contributed by atoms with van der Waals surface area (Å²) in [7, 11) is 0. The second-order valence-corrected chi connectivity index (χ2v) is 5.16. The highest BCUT2D eigenvalue weighted by atomic mass is 32.1. The predicted molar refractivity (Wildman–Crippen MR) is 82.9 cm³/mol. The maximum atomic E-state index is 13.0. The van der Waals surface area contributed by atoms with E-state index in [4.69, 9.17) is 12.2 Å². The van der Waals surface area contributed by atoms with Gasteiger partial charge in [-0.2, -0.15) is 18.2 Å². The summed E-state index contributed by atoms with van der Waals surface area (Å²) in [4.78, 5) is 9.43. The number of alkyl halides is 3. The van der Waals surface area contributed by atoms with Crippen LogP contribution in [0.15, 0.2) is 18.7 Å². The highest BCUT2D eigenvalue weighted by Gasteiger charge is 2.34. The van der Waals surface area contributed by atoms with Crippen LogP contribution in [0.5, 0.6) is 0 Å². The first-order chi connectivity index (χ1) is 10.4. The quantitative estimate of drug-likeness (QED) is 0.653. The lowest BCUT2D eigenvalue weighted by Crippen LogP contribution is -2.30. The van der Waals surface area contributed by atoms with E-state index >= 15 is 0 Å². The Hall–Kier alpha value is -1.90. The van der Waals surface area contributed by atoms with Crippen molar-refractivity contribution in [2.24, 2.45) is 0 Å². The molecular formula is C13H16F3N5S. The minimum Gasteiger partial charge on any atom is -0.359 e. The van der Waals surface area contributed by atoms with E-state index in [9.17, 15) is 13.2 Å². The number of thiocarbonyl (C=S) groups is 1. The first-order valence-electron chi connectivity index (χ1n) is 6.77. The van der Waals surface area contributed by atoms with Crippen LogP contribution in [-0.4, -0.2) is 34.7 Å². The molecule has 0 saturated carbocycles. The Morgan fingerprint density at radius 1 is 1.36 bits per heavy atom. The zero-order valence-electron chi connectivity index (χ0n) is 11.8. The molecule has 2 heterocycles. The molecule has 0 atom stereocenters. The van der Waals surface area contributed by atoms with Gasteiger partial charge in [0.15, 0.2) is 10.8 Å². The fourth-order valence-corrected chi connectivity index (χ4v) is 2.23. The summed E-state index contributed by atoms with van der Waals surface area (Å²) in [5.74, 6) is 0.0899. The van der Waals surface area contributed by atoms with Crippen molar-refractivity contribution in [3.63, 3.8) is 0 Å². The molecule has 5 nitrogen and oxygen atoms in total. The standard InChI is InChI=1S/C13H16F3N5S/c1-2-5-17-12(22)20-11-18-9(13(14,15)16)8-10(19-11)21-6-3-4-7-21/h2,8H,1,3-7H2,(H2,17,18,19,20,22). The van der Waals surface area contributed by atoms with Gasteiger partial charge in [0, 0.05) is 25.7 Å². The molecule has 0 bridgehead atoms. The van der Waals surface area contributed by atoms with Crippen LogP contribution in [0.3, 0.4) is 0 Å². The normalized spacial score (nSPS) is 14.8. The maximum Gasteiger partial charge on any atom is 0.433 e. The molecule has 0 spiro atoms. The number of rotatable bonds is 4. The Morgan fingerprint density at radius 3 is 2.64 bits per heavy atom. The number of hydrogen-bond donors (Lipinski definition) is 2. The Bertz CT molecular complexity index is 555. The lowest BCUT2D eigenvalue weighted by Gasteiger charge is -2.19. The van der Waals surface area contributed by atoms with Crippen molar-refractivity contribution in [1.82, 2.24) is 15.3 Å². The van der Waals surface area contributed by atoms with E-state index < -0.39 is 11.9 Å². The molecule has 1 saturated heterocycles. The first kappa shape index (κ1) is 16.5. The van der Waals surface area contributed by atoms with Gasteiger partial charge in [0.1, 0.15) is 5.82 Å². The Labute approximate surface area is 131 Å². The van der Waals surface area contributed by atoms with E-state index in [1.807, 2.05) is 4.90 Å². The van der Waals surface area contributed by atoms with Gasteiger partial charge < -0.3 is 15.5 Å². The average Bonchev–Trinajstić information content (AvgIpc) is 2.98. The van der Waals surface area contributed by atoms with E-state index in [1.54, 1.807) is 6.08 Å². The summed E-state index contributed by atoms with van der Waals surface area (Å²) in [5.41, 5.74) is -0.988. The number of anilines is 2. The van der Waals surface area contributed by atoms with Gasteiger partial charge in [0.25, 0.3) is 0 Å². The predicted octanol–water partition coefficient (Wildman–Crippen LogP) is 2.57. The molecule has 1 aliphatic rings. The lowest BCUT2D eigenvalue weighted by atomic mass is 10.3. The van der Waals surface area contributed by atoms with Gasteiger partial charge >= 0.3 is 6.18 Å². The number of aromatic nitrogens is 2. The highest BCUT2D eigenvalue weighted by Crippen LogP contribution is 2.31. The van der Waals surface area contributed by atoms with Crippen LogP contribution in [0.25, 0.3) is 0 Å². The fraction of sp³-hybridized carbons (Fsp3) is 0.462. The van der Waals surface area contributed by atoms with E-state index in [0.717, 1.165) is 18.9 Å². The molecule has 1 fully saturated rings. The molecular weight excluding hydrogens is 315 g/mol. The summed E-state index contributed by atoms with van der Waals surface area (Å²) in [6, 6.07) is 0.969. The molecule has 120 valence electrons. The van der Waals surface area contributed by atoms with Gasteiger partial charge in [-0.25, -0.2) is 4.98 Å². The van der Waals surface area contributed by atoms with E-state index in [1.165, 1.54) is 0 Å². The van der Waals surface area contributed by atoms with E-state index in [0.29, 0.717) is 19.6 Å². The molecule has 9 heteroatoms. The highest BCUT2D eigenvalue weighted by molar-refractivity contribution is 7.80. The number of nitrogens with one attached hydrogen (secondary N) is 2. The van der Waals surface area contributed by atoms with Gasteiger partial charge in [0.05, 0.1) is 0 Å². The van der Waals surface area contributed by atoms with Crippen molar-refractivity contribution in [3.05, 3.63) is 24.4 Å². The third-order valence-electron chi connectivity index (χ3n) is 3.07. The van der Waals surface area contributed by atoms with Crippen LogP contribution < -0.4 is 15.5 Å². The summed E-state index contributed by atoms with van der Waals surface area (Å²) >= 11 is 4.97. The van der Waals surface area contributed by atoms with Gasteiger partial charge in [-0.1, -0.05) is 6.08 Å². The Balaban J connectivity index is 2.25. The van der Waals surface area contributed by atoms with Crippen molar-refractivity contribution in [1.29, 1.82) is 0 Å².